The molecule has 120 valence electrons. The molecule has 0 heterocycles. The average Bonchev–Trinajstić information content (AvgIpc) is 2.44. The molecule has 0 aromatic heterocycles. The first-order chi connectivity index (χ1) is 10.1. The van der Waals surface area contributed by atoms with Crippen molar-refractivity contribution >= 4 is 15.9 Å². The quantitative estimate of drug-likeness (QED) is 0.551. The third-order valence-corrected chi connectivity index (χ3v) is 3.92. The van der Waals surface area contributed by atoms with Gasteiger partial charge in [-0.1, -0.05) is 42.6 Å². The van der Waals surface area contributed by atoms with Crippen LogP contribution >= 0.6 is 15.9 Å². The smallest absolute Gasteiger partial charge is 0.122 e. The molecular weight excluding hydrogens is 326 g/mol. The van der Waals surface area contributed by atoms with Gasteiger partial charge < -0.3 is 10.1 Å². The van der Waals surface area contributed by atoms with Crippen LogP contribution in [0.2, 0.25) is 0 Å². The summed E-state index contributed by atoms with van der Waals surface area (Å²) in [6, 6.07) is 6.31. The summed E-state index contributed by atoms with van der Waals surface area (Å²) in [5.74, 6) is 1.79. The first kappa shape index (κ1) is 18.5. The number of ether oxygens (including phenoxy) is 1. The predicted octanol–water partition coefficient (Wildman–Crippen LogP) is 5.20. The molecule has 0 spiro atoms. The van der Waals surface area contributed by atoms with Crippen molar-refractivity contribution in [2.45, 2.75) is 52.9 Å². The number of rotatable bonds is 11. The fourth-order valence-electron chi connectivity index (χ4n) is 2.35. The van der Waals surface area contributed by atoms with Gasteiger partial charge in [0.15, 0.2) is 0 Å². The van der Waals surface area contributed by atoms with Crippen molar-refractivity contribution in [3.63, 3.8) is 0 Å². The van der Waals surface area contributed by atoms with Crippen LogP contribution in [0.3, 0.4) is 0 Å². The topological polar surface area (TPSA) is 21.3 Å². The molecule has 2 nitrogen and oxygen atoms in total. The first-order valence-corrected chi connectivity index (χ1v) is 9.04. The van der Waals surface area contributed by atoms with E-state index in [1.165, 1.54) is 31.2 Å². The molecule has 0 unspecified atom stereocenters. The number of hydrogen-bond acceptors (Lipinski definition) is 2. The van der Waals surface area contributed by atoms with Crippen molar-refractivity contribution in [1.29, 1.82) is 0 Å². The zero-order valence-electron chi connectivity index (χ0n) is 13.8. The van der Waals surface area contributed by atoms with Crippen molar-refractivity contribution in [3.8, 4) is 5.75 Å². The number of hydrogen-bond donors (Lipinski definition) is 1. The molecule has 1 aromatic rings. The van der Waals surface area contributed by atoms with E-state index in [1.807, 2.05) is 6.92 Å². The molecular formula is C18H30BrNO. The van der Waals surface area contributed by atoms with Gasteiger partial charge in [0.05, 0.1) is 6.61 Å². The molecule has 3 heteroatoms. The number of nitrogens with one attached hydrogen (secondary N) is 1. The van der Waals surface area contributed by atoms with Crippen molar-refractivity contribution in [2.75, 3.05) is 19.7 Å². The van der Waals surface area contributed by atoms with Gasteiger partial charge in [0.2, 0.25) is 0 Å². The zero-order chi connectivity index (χ0) is 15.5. The van der Waals surface area contributed by atoms with Gasteiger partial charge in [0.25, 0.3) is 0 Å². The van der Waals surface area contributed by atoms with Gasteiger partial charge in [-0.15, -0.1) is 0 Å². The van der Waals surface area contributed by atoms with Crippen LogP contribution in [0.5, 0.6) is 5.75 Å². The number of benzene rings is 1. The highest BCUT2D eigenvalue weighted by Crippen LogP contribution is 2.25. The molecule has 0 bridgehead atoms. The molecule has 0 atom stereocenters. The van der Waals surface area contributed by atoms with Crippen molar-refractivity contribution in [1.82, 2.24) is 5.32 Å². The van der Waals surface area contributed by atoms with Crippen LogP contribution in [-0.4, -0.2) is 19.7 Å². The standard InChI is InChI=1S/C18H30BrNO/c1-4-21-18-11-10-17(19)13-16(18)9-7-5-6-8-12-20-14-15(2)3/h10-11,13,15,20H,4-9,12,14H2,1-3H3. The maximum Gasteiger partial charge on any atom is 0.122 e. The van der Waals surface area contributed by atoms with E-state index in [1.54, 1.807) is 0 Å². The summed E-state index contributed by atoms with van der Waals surface area (Å²) >= 11 is 3.55. The van der Waals surface area contributed by atoms with Crippen LogP contribution in [0.1, 0.15) is 52.0 Å². The Labute approximate surface area is 138 Å². The molecule has 0 aliphatic rings. The molecule has 0 amide bonds. The Balaban J connectivity index is 2.19. The molecule has 0 radical (unpaired) electrons. The maximum absolute atomic E-state index is 5.69. The molecule has 21 heavy (non-hydrogen) atoms. The fraction of sp³-hybridized carbons (Fsp3) is 0.667. The largest absolute Gasteiger partial charge is 0.494 e. The van der Waals surface area contributed by atoms with Gasteiger partial charge in [-0.2, -0.15) is 0 Å². The Bertz CT molecular complexity index is 393. The van der Waals surface area contributed by atoms with Gasteiger partial charge >= 0.3 is 0 Å². The lowest BCUT2D eigenvalue weighted by molar-refractivity contribution is 0.336. The molecule has 0 saturated heterocycles. The van der Waals surface area contributed by atoms with E-state index in [0.29, 0.717) is 0 Å². The second-order valence-electron chi connectivity index (χ2n) is 5.95. The van der Waals surface area contributed by atoms with Crippen LogP contribution in [0, 0.1) is 5.92 Å². The maximum atomic E-state index is 5.69. The van der Waals surface area contributed by atoms with Crippen molar-refractivity contribution in [2.24, 2.45) is 5.92 Å². The van der Waals surface area contributed by atoms with Crippen LogP contribution in [-0.2, 0) is 6.42 Å². The highest BCUT2D eigenvalue weighted by Gasteiger charge is 2.04. The van der Waals surface area contributed by atoms with E-state index >= 15 is 0 Å². The van der Waals surface area contributed by atoms with Crippen molar-refractivity contribution < 1.29 is 4.74 Å². The lowest BCUT2D eigenvalue weighted by Gasteiger charge is -2.11. The minimum atomic E-state index is 0.732. The van der Waals surface area contributed by atoms with Crippen LogP contribution < -0.4 is 10.1 Å². The van der Waals surface area contributed by atoms with Crippen LogP contribution in [0.25, 0.3) is 0 Å². The van der Waals surface area contributed by atoms with Gasteiger partial charge in [-0.3, -0.25) is 0 Å². The van der Waals surface area contributed by atoms with Gasteiger partial charge in [0.1, 0.15) is 5.75 Å². The van der Waals surface area contributed by atoms with E-state index in [2.05, 4.69) is 53.3 Å². The van der Waals surface area contributed by atoms with E-state index in [4.69, 9.17) is 4.74 Å². The predicted molar refractivity (Wildman–Crippen MR) is 95.2 cm³/mol. The van der Waals surface area contributed by atoms with Crippen molar-refractivity contribution in [3.05, 3.63) is 28.2 Å². The molecule has 0 saturated carbocycles. The molecule has 1 N–H and O–H groups in total. The number of halogens is 1. The average molecular weight is 356 g/mol. The van der Waals surface area contributed by atoms with E-state index < -0.39 is 0 Å². The Kier molecular flexibility index (Phi) is 9.77. The van der Waals surface area contributed by atoms with Gasteiger partial charge in [0, 0.05) is 4.47 Å². The van der Waals surface area contributed by atoms with Gasteiger partial charge in [-0.25, -0.2) is 0 Å². The third kappa shape index (κ3) is 8.47. The Morgan fingerprint density at radius 1 is 1.14 bits per heavy atom. The molecule has 0 fully saturated rings. The molecule has 0 aliphatic carbocycles. The summed E-state index contributed by atoms with van der Waals surface area (Å²) in [5, 5.41) is 3.50. The Morgan fingerprint density at radius 3 is 2.62 bits per heavy atom. The lowest BCUT2D eigenvalue weighted by Crippen LogP contribution is -2.20. The van der Waals surface area contributed by atoms with E-state index in [9.17, 15) is 0 Å². The normalized spacial score (nSPS) is 11.1. The number of aryl methyl sites for hydroxylation is 1. The first-order valence-electron chi connectivity index (χ1n) is 8.25. The van der Waals surface area contributed by atoms with E-state index in [-0.39, 0.29) is 0 Å². The lowest BCUT2D eigenvalue weighted by atomic mass is 10.1. The Morgan fingerprint density at radius 2 is 1.90 bits per heavy atom. The summed E-state index contributed by atoms with van der Waals surface area (Å²) in [4.78, 5) is 0. The SMILES string of the molecule is CCOc1ccc(Br)cc1CCCCCCNCC(C)C. The Hall–Kier alpha value is -0.540. The third-order valence-electron chi connectivity index (χ3n) is 3.42. The second kappa shape index (κ2) is 11.1. The molecule has 1 rings (SSSR count). The molecule has 1 aromatic carbocycles. The van der Waals surface area contributed by atoms with Gasteiger partial charge in [-0.05, 0) is 69.0 Å². The zero-order valence-corrected chi connectivity index (χ0v) is 15.3. The highest BCUT2D eigenvalue weighted by molar-refractivity contribution is 9.10. The number of unbranched alkanes of at least 4 members (excludes halogenated alkanes) is 3. The van der Waals surface area contributed by atoms with Crippen LogP contribution in [0.4, 0.5) is 0 Å². The molecule has 0 aliphatic heterocycles. The van der Waals surface area contributed by atoms with Crippen LogP contribution in [0.15, 0.2) is 22.7 Å². The second-order valence-corrected chi connectivity index (χ2v) is 6.86. The summed E-state index contributed by atoms with van der Waals surface area (Å²) < 4.78 is 6.83. The van der Waals surface area contributed by atoms with E-state index in [0.717, 1.165) is 42.3 Å². The summed E-state index contributed by atoms with van der Waals surface area (Å²) in [7, 11) is 0. The summed E-state index contributed by atoms with van der Waals surface area (Å²) in [5.41, 5.74) is 1.32. The minimum absolute atomic E-state index is 0.732. The fourth-order valence-corrected chi connectivity index (χ4v) is 2.76. The summed E-state index contributed by atoms with van der Waals surface area (Å²) in [6.07, 6.45) is 6.23. The summed E-state index contributed by atoms with van der Waals surface area (Å²) in [6.45, 7) is 9.56. The highest BCUT2D eigenvalue weighted by atomic mass is 79.9. The minimum Gasteiger partial charge on any atom is -0.494 e. The monoisotopic (exact) mass is 355 g/mol.